The number of hydrogen-bond acceptors (Lipinski definition) is 3. The van der Waals surface area contributed by atoms with E-state index in [2.05, 4.69) is 4.98 Å². The fraction of sp³-hybridized carbons (Fsp3) is 0.143. The van der Waals surface area contributed by atoms with E-state index in [1.165, 1.54) is 13.2 Å². The lowest BCUT2D eigenvalue weighted by atomic mass is 10.1. The molecule has 0 radical (unpaired) electrons. The molecule has 0 atom stereocenters. The summed E-state index contributed by atoms with van der Waals surface area (Å²) in [6, 6.07) is 10.7. The molecule has 0 saturated heterocycles. The maximum absolute atomic E-state index is 10.9. The topological polar surface area (TPSA) is 59.4 Å². The molecule has 0 fully saturated rings. The molecule has 0 unspecified atom stereocenters. The maximum Gasteiger partial charge on any atom is 0.354 e. The number of benzene rings is 1. The van der Waals surface area contributed by atoms with Crippen LogP contribution >= 0.6 is 0 Å². The number of aromatic carboxylic acids is 1. The Morgan fingerprint density at radius 3 is 2.67 bits per heavy atom. The van der Waals surface area contributed by atoms with Gasteiger partial charge in [0.2, 0.25) is 0 Å². The van der Waals surface area contributed by atoms with Gasteiger partial charge in [-0.25, -0.2) is 9.78 Å². The third-order valence-corrected chi connectivity index (χ3v) is 2.59. The Morgan fingerprint density at radius 1 is 1.28 bits per heavy atom. The number of carboxylic acids is 1. The van der Waals surface area contributed by atoms with Crippen molar-refractivity contribution in [1.82, 2.24) is 4.98 Å². The summed E-state index contributed by atoms with van der Waals surface area (Å²) >= 11 is 0. The van der Waals surface area contributed by atoms with Crippen molar-refractivity contribution < 1.29 is 14.6 Å². The van der Waals surface area contributed by atoms with E-state index in [1.54, 1.807) is 6.07 Å². The Balaban J connectivity index is 2.60. The summed E-state index contributed by atoms with van der Waals surface area (Å²) < 4.78 is 5.22. The summed E-state index contributed by atoms with van der Waals surface area (Å²) in [6.07, 6.45) is 0. The summed E-state index contributed by atoms with van der Waals surface area (Å²) in [7, 11) is 1.54. The van der Waals surface area contributed by atoms with Gasteiger partial charge in [-0.2, -0.15) is 0 Å². The lowest BCUT2D eigenvalue weighted by molar-refractivity contribution is 0.0690. The highest BCUT2D eigenvalue weighted by atomic mass is 16.5. The second kappa shape index (κ2) is 4.87. The minimum atomic E-state index is -1.05. The molecule has 2 rings (SSSR count). The fourth-order valence-electron chi connectivity index (χ4n) is 1.73. The molecule has 2 aromatic rings. The first kappa shape index (κ1) is 12.1. The number of ether oxygens (including phenoxy) is 1. The molecule has 92 valence electrons. The van der Waals surface area contributed by atoms with Gasteiger partial charge in [0.05, 0.1) is 7.11 Å². The van der Waals surface area contributed by atoms with Crippen LogP contribution in [0.25, 0.3) is 11.3 Å². The van der Waals surface area contributed by atoms with Crippen molar-refractivity contribution in [3.63, 3.8) is 0 Å². The van der Waals surface area contributed by atoms with Crippen molar-refractivity contribution in [2.45, 2.75) is 6.92 Å². The van der Waals surface area contributed by atoms with Crippen LogP contribution in [-0.4, -0.2) is 23.2 Å². The quantitative estimate of drug-likeness (QED) is 0.900. The van der Waals surface area contributed by atoms with Crippen LogP contribution in [0.4, 0.5) is 0 Å². The molecule has 0 aliphatic rings. The Labute approximate surface area is 105 Å². The number of rotatable bonds is 3. The predicted molar refractivity (Wildman–Crippen MR) is 67.9 cm³/mol. The summed E-state index contributed by atoms with van der Waals surface area (Å²) in [5.41, 5.74) is 2.47. The first-order valence-corrected chi connectivity index (χ1v) is 5.47. The van der Waals surface area contributed by atoms with Gasteiger partial charge < -0.3 is 9.84 Å². The predicted octanol–water partition coefficient (Wildman–Crippen LogP) is 2.76. The van der Waals surface area contributed by atoms with E-state index < -0.39 is 5.97 Å². The second-order valence-corrected chi connectivity index (χ2v) is 3.92. The van der Waals surface area contributed by atoms with Crippen LogP contribution < -0.4 is 4.74 Å². The zero-order chi connectivity index (χ0) is 13.1. The average molecular weight is 243 g/mol. The van der Waals surface area contributed by atoms with E-state index in [1.807, 2.05) is 31.2 Å². The lowest BCUT2D eigenvalue weighted by Gasteiger charge is -2.09. The first-order valence-electron chi connectivity index (χ1n) is 5.47. The number of aryl methyl sites for hydroxylation is 1. The molecule has 0 aliphatic carbocycles. The summed E-state index contributed by atoms with van der Waals surface area (Å²) in [5.74, 6) is -0.489. The molecular weight excluding hydrogens is 230 g/mol. The average Bonchev–Trinajstić information content (AvgIpc) is 2.38. The minimum absolute atomic E-state index is 0.00676. The summed E-state index contributed by atoms with van der Waals surface area (Å²) in [6.45, 7) is 1.97. The monoisotopic (exact) mass is 243 g/mol. The van der Waals surface area contributed by atoms with Crippen molar-refractivity contribution >= 4 is 5.97 Å². The van der Waals surface area contributed by atoms with Crippen LogP contribution in [0, 0.1) is 6.92 Å². The summed E-state index contributed by atoms with van der Waals surface area (Å²) in [5, 5.41) is 8.97. The Kier molecular flexibility index (Phi) is 3.28. The lowest BCUT2D eigenvalue weighted by Crippen LogP contribution is -2.02. The van der Waals surface area contributed by atoms with Gasteiger partial charge in [0.1, 0.15) is 17.1 Å². The van der Waals surface area contributed by atoms with E-state index >= 15 is 0 Å². The highest BCUT2D eigenvalue weighted by molar-refractivity contribution is 5.86. The van der Waals surface area contributed by atoms with E-state index in [9.17, 15) is 4.79 Å². The normalized spacial score (nSPS) is 10.1. The zero-order valence-corrected chi connectivity index (χ0v) is 10.2. The van der Waals surface area contributed by atoms with Gasteiger partial charge in [-0.05, 0) is 25.1 Å². The van der Waals surface area contributed by atoms with E-state index in [0.717, 1.165) is 11.1 Å². The minimum Gasteiger partial charge on any atom is -0.494 e. The molecule has 0 bridgehead atoms. The largest absolute Gasteiger partial charge is 0.494 e. The molecular formula is C14H13NO3. The van der Waals surface area contributed by atoms with Crippen molar-refractivity contribution in [2.75, 3.05) is 7.11 Å². The third kappa shape index (κ3) is 2.32. The number of aromatic nitrogens is 1. The smallest absolute Gasteiger partial charge is 0.354 e. The second-order valence-electron chi connectivity index (χ2n) is 3.92. The van der Waals surface area contributed by atoms with Gasteiger partial charge in [0.15, 0.2) is 0 Å². The number of carbonyl (C=O) groups is 1. The van der Waals surface area contributed by atoms with Gasteiger partial charge in [0, 0.05) is 5.56 Å². The van der Waals surface area contributed by atoms with Gasteiger partial charge >= 0.3 is 5.97 Å². The van der Waals surface area contributed by atoms with Crippen molar-refractivity contribution in [1.29, 1.82) is 0 Å². The zero-order valence-electron chi connectivity index (χ0n) is 10.2. The van der Waals surface area contributed by atoms with Crippen molar-refractivity contribution in [3.05, 3.63) is 47.7 Å². The Hall–Kier alpha value is -2.36. The molecule has 1 N–H and O–H groups in total. The van der Waals surface area contributed by atoms with E-state index in [0.29, 0.717) is 11.4 Å². The van der Waals surface area contributed by atoms with Crippen molar-refractivity contribution in [2.24, 2.45) is 0 Å². The molecule has 0 aliphatic heterocycles. The molecule has 18 heavy (non-hydrogen) atoms. The van der Waals surface area contributed by atoms with Gasteiger partial charge in [-0.3, -0.25) is 0 Å². The van der Waals surface area contributed by atoms with Crippen LogP contribution in [-0.2, 0) is 0 Å². The van der Waals surface area contributed by atoms with Crippen molar-refractivity contribution in [3.8, 4) is 17.0 Å². The molecule has 0 saturated carbocycles. The fourth-order valence-corrected chi connectivity index (χ4v) is 1.73. The molecule has 0 spiro atoms. The highest BCUT2D eigenvalue weighted by Crippen LogP contribution is 2.28. The van der Waals surface area contributed by atoms with Crippen LogP contribution in [0.2, 0.25) is 0 Å². The van der Waals surface area contributed by atoms with E-state index in [-0.39, 0.29) is 5.69 Å². The van der Waals surface area contributed by atoms with Gasteiger partial charge in [0.25, 0.3) is 0 Å². The number of pyridine rings is 1. The van der Waals surface area contributed by atoms with Crippen LogP contribution in [0.5, 0.6) is 5.75 Å². The number of nitrogens with zero attached hydrogens (tertiary/aromatic N) is 1. The number of carboxylic acid groups (broad SMARTS) is 1. The molecule has 4 nitrogen and oxygen atoms in total. The molecule has 1 aromatic heterocycles. The van der Waals surface area contributed by atoms with Gasteiger partial charge in [-0.15, -0.1) is 0 Å². The standard InChI is InChI=1S/C14H13NO3/c1-9-4-3-5-10(8-9)13-12(18-2)7-6-11(15-13)14(16)17/h3-8H,1-2H3,(H,16,17). The molecule has 0 amide bonds. The Morgan fingerprint density at radius 2 is 2.06 bits per heavy atom. The number of methoxy groups -OCH3 is 1. The van der Waals surface area contributed by atoms with Gasteiger partial charge in [-0.1, -0.05) is 23.8 Å². The van der Waals surface area contributed by atoms with Crippen LogP contribution in [0.1, 0.15) is 16.1 Å². The first-order chi connectivity index (χ1) is 8.61. The van der Waals surface area contributed by atoms with Crippen LogP contribution in [0.3, 0.4) is 0 Å². The number of hydrogen-bond donors (Lipinski definition) is 1. The summed E-state index contributed by atoms with van der Waals surface area (Å²) in [4.78, 5) is 15.1. The highest BCUT2D eigenvalue weighted by Gasteiger charge is 2.12. The molecule has 1 heterocycles. The van der Waals surface area contributed by atoms with E-state index in [4.69, 9.17) is 9.84 Å². The third-order valence-electron chi connectivity index (χ3n) is 2.59. The molecule has 4 heteroatoms. The molecule has 1 aromatic carbocycles. The van der Waals surface area contributed by atoms with Crippen LogP contribution in [0.15, 0.2) is 36.4 Å². The Bertz CT molecular complexity index is 593. The maximum atomic E-state index is 10.9. The SMILES string of the molecule is COc1ccc(C(=O)O)nc1-c1cccc(C)c1.